The van der Waals surface area contributed by atoms with Crippen molar-refractivity contribution in [2.45, 2.75) is 44.4 Å². The van der Waals surface area contributed by atoms with Gasteiger partial charge in [0.25, 0.3) is 0 Å². The highest BCUT2D eigenvalue weighted by Gasteiger charge is 2.46. The zero-order chi connectivity index (χ0) is 18.2. The third-order valence-electron chi connectivity index (χ3n) is 5.59. The third-order valence-corrected chi connectivity index (χ3v) is 5.59. The van der Waals surface area contributed by atoms with Crippen LogP contribution in [0.15, 0.2) is 23.3 Å². The third kappa shape index (κ3) is 3.12. The van der Waals surface area contributed by atoms with Crippen molar-refractivity contribution in [3.8, 4) is 0 Å². The molecule has 0 aromatic heterocycles. The Balaban J connectivity index is 1.93. The zero-order valence-corrected chi connectivity index (χ0v) is 14.6. The van der Waals surface area contributed by atoms with Crippen LogP contribution in [0, 0.1) is 5.92 Å². The fraction of sp³-hybridized carbons (Fsp3) is 0.667. The van der Waals surface area contributed by atoms with Gasteiger partial charge >= 0.3 is 11.9 Å². The Labute approximate surface area is 146 Å². The van der Waals surface area contributed by atoms with Crippen LogP contribution in [0.5, 0.6) is 0 Å². The Morgan fingerprint density at radius 3 is 2.88 bits per heavy atom. The highest BCUT2D eigenvalue weighted by Crippen LogP contribution is 2.34. The van der Waals surface area contributed by atoms with Gasteiger partial charge in [-0.1, -0.05) is 19.1 Å². The number of carbonyl (C=O) groups excluding carboxylic acids is 2. The van der Waals surface area contributed by atoms with Gasteiger partial charge in [0, 0.05) is 24.6 Å². The van der Waals surface area contributed by atoms with Crippen LogP contribution in [0.4, 0.5) is 0 Å². The lowest BCUT2D eigenvalue weighted by Crippen LogP contribution is -2.50. The molecule has 138 valence electrons. The topological polar surface area (TPSA) is 96.3 Å². The van der Waals surface area contributed by atoms with Gasteiger partial charge in [-0.3, -0.25) is 4.90 Å². The molecule has 7 nitrogen and oxygen atoms in total. The SMILES string of the molecule is C/C=C1\C[C@@H](C)[C@@](O)(CO)C(=O)OCC2=CCN3CC[C@@H](OC1=O)[C@H]23. The van der Waals surface area contributed by atoms with Gasteiger partial charge in [0.1, 0.15) is 12.7 Å². The molecule has 4 atom stereocenters. The smallest absolute Gasteiger partial charge is 0.341 e. The molecule has 0 saturated carbocycles. The maximum absolute atomic E-state index is 12.6. The summed E-state index contributed by atoms with van der Waals surface area (Å²) in [6.07, 6.45) is 4.20. The molecule has 3 heterocycles. The van der Waals surface area contributed by atoms with Crippen molar-refractivity contribution in [1.82, 2.24) is 4.90 Å². The first-order chi connectivity index (χ1) is 11.9. The molecule has 0 radical (unpaired) electrons. The molecule has 25 heavy (non-hydrogen) atoms. The van der Waals surface area contributed by atoms with E-state index in [9.17, 15) is 19.8 Å². The predicted octanol–water partition coefficient (Wildman–Crippen LogP) is 0.165. The molecule has 2 N–H and O–H groups in total. The lowest BCUT2D eigenvalue weighted by Gasteiger charge is -2.32. The van der Waals surface area contributed by atoms with E-state index in [0.717, 1.165) is 25.1 Å². The average Bonchev–Trinajstić information content (AvgIpc) is 3.18. The van der Waals surface area contributed by atoms with E-state index < -0.39 is 30.1 Å². The van der Waals surface area contributed by atoms with E-state index >= 15 is 0 Å². The van der Waals surface area contributed by atoms with Crippen molar-refractivity contribution in [1.29, 1.82) is 0 Å². The van der Waals surface area contributed by atoms with Crippen molar-refractivity contribution in [2.24, 2.45) is 5.92 Å². The van der Waals surface area contributed by atoms with E-state index in [1.807, 2.05) is 6.08 Å². The van der Waals surface area contributed by atoms with Gasteiger partial charge in [0.05, 0.1) is 12.6 Å². The molecule has 0 aromatic rings. The van der Waals surface area contributed by atoms with Gasteiger partial charge in [-0.15, -0.1) is 0 Å². The zero-order valence-electron chi connectivity index (χ0n) is 14.6. The average molecular weight is 351 g/mol. The summed E-state index contributed by atoms with van der Waals surface area (Å²) in [4.78, 5) is 27.2. The molecule has 0 amide bonds. The van der Waals surface area contributed by atoms with Crippen molar-refractivity contribution in [3.05, 3.63) is 23.3 Å². The minimum absolute atomic E-state index is 0.0273. The standard InChI is InChI=1S/C18H25NO6/c1-3-12-8-11(2)18(23,10-20)17(22)24-9-13-4-6-19-7-5-14(15(13)19)25-16(12)21/h3-4,11,14-15,20,23H,5-10H2,1-2H3/b12-3+/t11-,14-,15+,18+/m1/s1. The lowest BCUT2D eigenvalue weighted by atomic mass is 9.84. The quantitative estimate of drug-likeness (QED) is 0.395. The first-order valence-electron chi connectivity index (χ1n) is 8.70. The van der Waals surface area contributed by atoms with Crippen LogP contribution in [0.3, 0.4) is 0 Å². The Morgan fingerprint density at radius 2 is 2.20 bits per heavy atom. The van der Waals surface area contributed by atoms with Crippen LogP contribution in [0.2, 0.25) is 0 Å². The fourth-order valence-corrected chi connectivity index (χ4v) is 3.85. The lowest BCUT2D eigenvalue weighted by molar-refractivity contribution is -0.176. The molecule has 0 aromatic carbocycles. The van der Waals surface area contributed by atoms with E-state index in [2.05, 4.69) is 4.90 Å². The van der Waals surface area contributed by atoms with Crippen LogP contribution in [-0.2, 0) is 19.1 Å². The number of allylic oxidation sites excluding steroid dienone is 1. The monoisotopic (exact) mass is 351 g/mol. The number of nitrogens with zero attached hydrogens (tertiary/aromatic N) is 1. The van der Waals surface area contributed by atoms with E-state index in [1.165, 1.54) is 0 Å². The summed E-state index contributed by atoms with van der Waals surface area (Å²) in [5, 5.41) is 20.2. The number of hydrogen-bond donors (Lipinski definition) is 2. The molecule has 3 rings (SSSR count). The van der Waals surface area contributed by atoms with Crippen LogP contribution in [-0.4, -0.2) is 71.1 Å². The minimum Gasteiger partial charge on any atom is -0.459 e. The summed E-state index contributed by atoms with van der Waals surface area (Å²) in [6.45, 7) is 4.12. The number of cyclic esters (lactones) is 1. The van der Waals surface area contributed by atoms with Crippen molar-refractivity contribution in [3.63, 3.8) is 0 Å². The molecule has 2 saturated heterocycles. The Hall–Kier alpha value is -1.70. The van der Waals surface area contributed by atoms with Crippen molar-refractivity contribution < 1.29 is 29.3 Å². The van der Waals surface area contributed by atoms with Crippen LogP contribution >= 0.6 is 0 Å². The molecule has 0 aliphatic carbocycles. The molecule has 0 unspecified atom stereocenters. The van der Waals surface area contributed by atoms with E-state index in [4.69, 9.17) is 9.47 Å². The first kappa shape index (κ1) is 18.1. The molecule has 3 aliphatic heterocycles. The highest BCUT2D eigenvalue weighted by atomic mass is 16.6. The summed E-state index contributed by atoms with van der Waals surface area (Å²) < 4.78 is 11.1. The summed E-state index contributed by atoms with van der Waals surface area (Å²) >= 11 is 0. The molecular formula is C18H25NO6. The maximum Gasteiger partial charge on any atom is 0.341 e. The van der Waals surface area contributed by atoms with Crippen molar-refractivity contribution in [2.75, 3.05) is 26.3 Å². The minimum atomic E-state index is -2.05. The van der Waals surface area contributed by atoms with Crippen molar-refractivity contribution >= 4 is 11.9 Å². The predicted molar refractivity (Wildman–Crippen MR) is 88.5 cm³/mol. The number of ether oxygens (including phenoxy) is 2. The van der Waals surface area contributed by atoms with Gasteiger partial charge in [-0.2, -0.15) is 0 Å². The highest BCUT2D eigenvalue weighted by molar-refractivity contribution is 5.89. The second kappa shape index (κ2) is 6.90. The van der Waals surface area contributed by atoms with Gasteiger partial charge in [0.2, 0.25) is 0 Å². The van der Waals surface area contributed by atoms with Crippen LogP contribution in [0.1, 0.15) is 26.7 Å². The molecule has 3 aliphatic rings. The maximum atomic E-state index is 12.6. The molecule has 7 heteroatoms. The normalized spacial score (nSPS) is 38.5. The summed E-state index contributed by atoms with van der Waals surface area (Å²) in [5.74, 6) is -1.99. The number of aliphatic hydroxyl groups is 2. The fourth-order valence-electron chi connectivity index (χ4n) is 3.85. The van der Waals surface area contributed by atoms with Gasteiger partial charge in [-0.25, -0.2) is 9.59 Å². The molecule has 2 fully saturated rings. The van der Waals surface area contributed by atoms with E-state index in [0.29, 0.717) is 5.57 Å². The second-order valence-corrected chi connectivity index (χ2v) is 7.03. The van der Waals surface area contributed by atoms with E-state index in [1.54, 1.807) is 19.9 Å². The summed E-state index contributed by atoms with van der Waals surface area (Å²) in [7, 11) is 0. The van der Waals surface area contributed by atoms with Crippen LogP contribution < -0.4 is 0 Å². The van der Waals surface area contributed by atoms with Crippen LogP contribution in [0.25, 0.3) is 0 Å². The van der Waals surface area contributed by atoms with E-state index in [-0.39, 0.29) is 25.2 Å². The Morgan fingerprint density at radius 1 is 1.44 bits per heavy atom. The molecule has 0 spiro atoms. The molecule has 0 bridgehead atoms. The Kier molecular flexibility index (Phi) is 4.99. The summed E-state index contributed by atoms with van der Waals surface area (Å²) in [5.41, 5.74) is -0.796. The van der Waals surface area contributed by atoms with Gasteiger partial charge in [-0.05, 0) is 25.3 Å². The van der Waals surface area contributed by atoms with Gasteiger partial charge in [0.15, 0.2) is 5.60 Å². The Bertz CT molecular complexity index is 627. The second-order valence-electron chi connectivity index (χ2n) is 7.03. The van der Waals surface area contributed by atoms with Gasteiger partial charge < -0.3 is 19.7 Å². The molecular weight excluding hydrogens is 326 g/mol. The number of carbonyl (C=O) groups is 2. The summed E-state index contributed by atoms with van der Waals surface area (Å²) in [6, 6.07) is -0.0890. The first-order valence-corrected chi connectivity index (χ1v) is 8.70. The number of esters is 2. The number of aliphatic hydroxyl groups excluding tert-OH is 1. The largest absolute Gasteiger partial charge is 0.459 e. The number of hydrogen-bond acceptors (Lipinski definition) is 7. The number of rotatable bonds is 1.